The van der Waals surface area contributed by atoms with Gasteiger partial charge in [0.25, 0.3) is 11.8 Å². The Hall–Kier alpha value is -2.97. The zero-order chi connectivity index (χ0) is 18.4. The number of thiophene rings is 1. The van der Waals surface area contributed by atoms with Crippen molar-refractivity contribution < 1.29 is 14.1 Å². The number of aryl methyl sites for hydroxylation is 1. The quantitative estimate of drug-likeness (QED) is 0.562. The minimum Gasteiger partial charge on any atom is -0.376 e. The number of rotatable bonds is 3. The van der Waals surface area contributed by atoms with Crippen LogP contribution in [-0.4, -0.2) is 27.6 Å². The summed E-state index contributed by atoms with van der Waals surface area (Å²) in [4.78, 5) is 21.6. The van der Waals surface area contributed by atoms with Crippen molar-refractivity contribution >= 4 is 33.1 Å². The molecule has 0 radical (unpaired) electrons. The molecule has 0 fully saturated rings. The molecule has 1 aromatic carbocycles. The third kappa shape index (κ3) is 2.73. The van der Waals surface area contributed by atoms with Gasteiger partial charge in [0.05, 0.1) is 24.3 Å². The lowest BCUT2D eigenvalue weighted by molar-refractivity contribution is 0.102. The molecule has 1 amide bonds. The first-order valence-electron chi connectivity index (χ1n) is 8.61. The van der Waals surface area contributed by atoms with Crippen molar-refractivity contribution in [1.29, 1.82) is 0 Å². The lowest BCUT2D eigenvalue weighted by Gasteiger charge is -2.12. The molecule has 0 bridgehead atoms. The van der Waals surface area contributed by atoms with Crippen molar-refractivity contribution in [2.75, 3.05) is 11.9 Å². The van der Waals surface area contributed by atoms with E-state index in [9.17, 15) is 4.79 Å². The van der Waals surface area contributed by atoms with Gasteiger partial charge < -0.3 is 19.6 Å². The smallest absolute Gasteiger partial charge is 0.261 e. The van der Waals surface area contributed by atoms with Gasteiger partial charge in [-0.05, 0) is 25.0 Å². The summed E-state index contributed by atoms with van der Waals surface area (Å²) < 4.78 is 11.0. The zero-order valence-corrected chi connectivity index (χ0v) is 15.4. The van der Waals surface area contributed by atoms with Crippen molar-refractivity contribution in [3.63, 3.8) is 0 Å². The Bertz CT molecular complexity index is 1160. The van der Waals surface area contributed by atoms with Crippen LogP contribution >= 0.6 is 11.3 Å². The summed E-state index contributed by atoms with van der Waals surface area (Å²) in [6, 6.07) is 7.72. The summed E-state index contributed by atoms with van der Waals surface area (Å²) in [7, 11) is 0. The number of fused-ring (bicyclic) bond motifs is 2. The van der Waals surface area contributed by atoms with E-state index in [1.807, 2.05) is 24.3 Å². The first-order chi connectivity index (χ1) is 13.2. The molecule has 5 rings (SSSR count). The van der Waals surface area contributed by atoms with Gasteiger partial charge in [0.15, 0.2) is 5.82 Å². The Morgan fingerprint density at radius 1 is 1.33 bits per heavy atom. The highest BCUT2D eigenvalue weighted by Gasteiger charge is 2.27. The Morgan fingerprint density at radius 2 is 2.22 bits per heavy atom. The Labute approximate surface area is 158 Å². The monoisotopic (exact) mass is 380 g/mol. The van der Waals surface area contributed by atoms with Gasteiger partial charge in [-0.25, -0.2) is 0 Å². The second kappa shape index (κ2) is 6.33. The molecular formula is C19H16N4O3S. The van der Waals surface area contributed by atoms with Gasteiger partial charge in [-0.1, -0.05) is 23.4 Å². The minimum atomic E-state index is -0.176. The Balaban J connectivity index is 1.57. The lowest BCUT2D eigenvalue weighted by Crippen LogP contribution is -2.11. The SMILES string of the molecule is Cc1noc(-c2c(NC(=O)c3c[nH]c4ccccc34)sc3c2CCOC3)n1. The van der Waals surface area contributed by atoms with Gasteiger partial charge in [-0.15, -0.1) is 11.3 Å². The first-order valence-corrected chi connectivity index (χ1v) is 9.43. The Morgan fingerprint density at radius 3 is 3.07 bits per heavy atom. The number of H-pyrrole nitrogens is 1. The van der Waals surface area contributed by atoms with Crippen molar-refractivity contribution in [3.05, 3.63) is 52.3 Å². The van der Waals surface area contributed by atoms with Gasteiger partial charge in [-0.2, -0.15) is 4.98 Å². The van der Waals surface area contributed by atoms with Crippen molar-refractivity contribution in [2.24, 2.45) is 0 Å². The molecule has 0 spiro atoms. The van der Waals surface area contributed by atoms with Crippen LogP contribution in [0.25, 0.3) is 22.4 Å². The van der Waals surface area contributed by atoms with E-state index < -0.39 is 0 Å². The number of carbonyl (C=O) groups excluding carboxylic acids is 1. The molecule has 0 saturated heterocycles. The van der Waals surface area contributed by atoms with Crippen LogP contribution in [0.1, 0.15) is 26.6 Å². The number of para-hydroxylation sites is 1. The number of hydrogen-bond acceptors (Lipinski definition) is 6. The van der Waals surface area contributed by atoms with E-state index in [1.165, 1.54) is 11.3 Å². The third-order valence-corrected chi connectivity index (χ3v) is 5.74. The minimum absolute atomic E-state index is 0.176. The molecule has 3 aromatic heterocycles. The van der Waals surface area contributed by atoms with Crippen LogP contribution in [0.15, 0.2) is 35.0 Å². The molecule has 8 heteroatoms. The number of hydrogen-bond donors (Lipinski definition) is 2. The molecule has 0 atom stereocenters. The van der Waals surface area contributed by atoms with Crippen LogP contribution in [0.2, 0.25) is 0 Å². The van der Waals surface area contributed by atoms with E-state index in [1.54, 1.807) is 13.1 Å². The molecule has 27 heavy (non-hydrogen) atoms. The molecule has 2 N–H and O–H groups in total. The van der Waals surface area contributed by atoms with Gasteiger partial charge in [0, 0.05) is 22.0 Å². The predicted molar refractivity (Wildman–Crippen MR) is 102 cm³/mol. The van der Waals surface area contributed by atoms with Crippen LogP contribution < -0.4 is 5.32 Å². The summed E-state index contributed by atoms with van der Waals surface area (Å²) in [5, 5.41) is 8.54. The normalized spacial score (nSPS) is 13.7. The molecule has 0 saturated carbocycles. The summed E-state index contributed by atoms with van der Waals surface area (Å²) in [6.45, 7) is 2.95. The highest BCUT2D eigenvalue weighted by molar-refractivity contribution is 7.17. The van der Waals surface area contributed by atoms with Gasteiger partial charge in [0.1, 0.15) is 5.00 Å². The van der Waals surface area contributed by atoms with E-state index in [0.29, 0.717) is 35.5 Å². The highest BCUT2D eigenvalue weighted by atomic mass is 32.1. The fourth-order valence-electron chi connectivity index (χ4n) is 3.38. The fourth-order valence-corrected chi connectivity index (χ4v) is 4.55. The highest BCUT2D eigenvalue weighted by Crippen LogP contribution is 2.42. The van der Waals surface area contributed by atoms with Gasteiger partial charge >= 0.3 is 0 Å². The molecule has 4 aromatic rings. The van der Waals surface area contributed by atoms with E-state index in [0.717, 1.165) is 33.3 Å². The molecule has 1 aliphatic rings. The molecule has 1 aliphatic heterocycles. The maximum atomic E-state index is 13.0. The van der Waals surface area contributed by atoms with Crippen molar-refractivity contribution in [3.8, 4) is 11.5 Å². The molecule has 7 nitrogen and oxygen atoms in total. The molecule has 0 unspecified atom stereocenters. The summed E-state index contributed by atoms with van der Waals surface area (Å²) >= 11 is 1.50. The average Bonchev–Trinajstić information content (AvgIpc) is 3.37. The topological polar surface area (TPSA) is 93.0 Å². The zero-order valence-electron chi connectivity index (χ0n) is 14.5. The standard InChI is InChI=1S/C19H16N4O3S/c1-10-21-18(26-23-10)16-12-6-7-25-9-15(12)27-19(16)22-17(24)13-8-20-14-5-3-2-4-11(13)14/h2-5,8,20H,6-7,9H2,1H3,(H,22,24). The number of nitrogens with zero attached hydrogens (tertiary/aromatic N) is 2. The number of ether oxygens (including phenoxy) is 1. The van der Waals surface area contributed by atoms with E-state index in [2.05, 4.69) is 20.4 Å². The van der Waals surface area contributed by atoms with E-state index in [-0.39, 0.29) is 5.91 Å². The average molecular weight is 380 g/mol. The Kier molecular flexibility index (Phi) is 3.80. The number of anilines is 1. The second-order valence-corrected chi connectivity index (χ2v) is 7.46. The predicted octanol–water partition coefficient (Wildman–Crippen LogP) is 3.91. The number of aromatic nitrogens is 3. The van der Waals surface area contributed by atoms with Crippen molar-refractivity contribution in [2.45, 2.75) is 20.0 Å². The maximum absolute atomic E-state index is 13.0. The van der Waals surface area contributed by atoms with Crippen LogP contribution in [0.3, 0.4) is 0 Å². The van der Waals surface area contributed by atoms with Gasteiger partial charge in [-0.3, -0.25) is 4.79 Å². The number of carbonyl (C=O) groups is 1. The number of aromatic amines is 1. The largest absolute Gasteiger partial charge is 0.376 e. The number of amides is 1. The third-order valence-electron chi connectivity index (χ3n) is 4.62. The second-order valence-electron chi connectivity index (χ2n) is 6.36. The molecule has 0 aliphatic carbocycles. The van der Waals surface area contributed by atoms with Crippen LogP contribution in [0.4, 0.5) is 5.00 Å². The summed E-state index contributed by atoms with van der Waals surface area (Å²) in [5.74, 6) is 0.816. The summed E-state index contributed by atoms with van der Waals surface area (Å²) in [6.07, 6.45) is 2.48. The van der Waals surface area contributed by atoms with Gasteiger partial charge in [0.2, 0.25) is 0 Å². The molecular weight excluding hydrogens is 364 g/mol. The van der Waals surface area contributed by atoms with E-state index >= 15 is 0 Å². The van der Waals surface area contributed by atoms with Crippen LogP contribution in [0, 0.1) is 6.92 Å². The molecule has 4 heterocycles. The van der Waals surface area contributed by atoms with E-state index in [4.69, 9.17) is 9.26 Å². The van der Waals surface area contributed by atoms with Crippen LogP contribution in [0.5, 0.6) is 0 Å². The lowest BCUT2D eigenvalue weighted by atomic mass is 10.1. The number of benzene rings is 1. The number of nitrogens with one attached hydrogen (secondary N) is 2. The maximum Gasteiger partial charge on any atom is 0.261 e. The fraction of sp³-hybridized carbons (Fsp3) is 0.211. The molecule has 136 valence electrons. The van der Waals surface area contributed by atoms with Crippen molar-refractivity contribution in [1.82, 2.24) is 15.1 Å². The summed E-state index contributed by atoms with van der Waals surface area (Å²) in [5.41, 5.74) is 3.45. The van der Waals surface area contributed by atoms with Crippen LogP contribution in [-0.2, 0) is 17.8 Å². The first kappa shape index (κ1) is 16.2.